The Labute approximate surface area is 164 Å². The van der Waals surface area contributed by atoms with E-state index in [2.05, 4.69) is 25.8 Å². The van der Waals surface area contributed by atoms with E-state index in [4.69, 9.17) is 4.74 Å². The van der Waals surface area contributed by atoms with Gasteiger partial charge in [-0.1, -0.05) is 12.1 Å². The quantitative estimate of drug-likeness (QED) is 0.391. The number of aliphatic imine (C=N–C) groups is 1. The molecule has 0 spiro atoms. The Balaban J connectivity index is 0.00000312. The lowest BCUT2D eigenvalue weighted by Crippen LogP contribution is -2.41. The van der Waals surface area contributed by atoms with Crippen LogP contribution < -0.4 is 15.4 Å². The maximum absolute atomic E-state index is 13.6. The van der Waals surface area contributed by atoms with Gasteiger partial charge in [-0.05, 0) is 26.0 Å². The van der Waals surface area contributed by atoms with Gasteiger partial charge in [0, 0.05) is 14.1 Å². The molecule has 7 nitrogen and oxygen atoms in total. The summed E-state index contributed by atoms with van der Waals surface area (Å²) in [6.45, 7) is 4.73. The van der Waals surface area contributed by atoms with Gasteiger partial charge in [-0.2, -0.15) is 0 Å². The van der Waals surface area contributed by atoms with Crippen molar-refractivity contribution in [2.45, 2.75) is 26.5 Å². The molecule has 1 heterocycles. The molecule has 0 fully saturated rings. The maximum Gasteiger partial charge on any atom is 0.191 e. The average molecular weight is 462 g/mol. The normalized spacial score (nSPS) is 12.3. The van der Waals surface area contributed by atoms with Gasteiger partial charge in [0.05, 0.1) is 13.1 Å². The number of hydrogen-bond donors (Lipinski definition) is 2. The third kappa shape index (κ3) is 6.15. The summed E-state index contributed by atoms with van der Waals surface area (Å²) in [5.74, 6) is 2.14. The smallest absolute Gasteiger partial charge is 0.191 e. The lowest BCUT2D eigenvalue weighted by atomic mass is 10.3. The Morgan fingerprint density at radius 2 is 2.04 bits per heavy atom. The van der Waals surface area contributed by atoms with Crippen molar-refractivity contribution in [3.63, 3.8) is 0 Å². The fourth-order valence-corrected chi connectivity index (χ4v) is 2.03. The molecule has 9 heteroatoms. The summed E-state index contributed by atoms with van der Waals surface area (Å²) in [7, 11) is 3.59. The van der Waals surface area contributed by atoms with Crippen molar-refractivity contribution in [2.24, 2.45) is 12.0 Å². The summed E-state index contributed by atoms with van der Waals surface area (Å²) < 4.78 is 21.1. The number of nitrogens with zero attached hydrogens (tertiary/aromatic N) is 4. The summed E-state index contributed by atoms with van der Waals surface area (Å²) in [5, 5.41) is 14.4. The predicted molar refractivity (Wildman–Crippen MR) is 106 cm³/mol. The molecule has 25 heavy (non-hydrogen) atoms. The molecule has 1 atom stereocenters. The molecule has 0 aliphatic rings. The van der Waals surface area contributed by atoms with E-state index in [9.17, 15) is 4.39 Å². The minimum absolute atomic E-state index is 0. The highest BCUT2D eigenvalue weighted by molar-refractivity contribution is 14.0. The second-order valence-electron chi connectivity index (χ2n) is 5.39. The Bertz CT molecular complexity index is 706. The van der Waals surface area contributed by atoms with Crippen LogP contribution >= 0.6 is 24.0 Å². The summed E-state index contributed by atoms with van der Waals surface area (Å²) in [4.78, 5) is 4.14. The molecular weight excluding hydrogens is 438 g/mol. The molecule has 0 aliphatic carbocycles. The van der Waals surface area contributed by atoms with Crippen molar-refractivity contribution in [3.05, 3.63) is 41.7 Å². The highest BCUT2D eigenvalue weighted by Gasteiger charge is 2.10. The zero-order valence-corrected chi connectivity index (χ0v) is 17.1. The zero-order chi connectivity index (χ0) is 17.5. The molecule has 1 aromatic carbocycles. The molecule has 0 saturated heterocycles. The highest BCUT2D eigenvalue weighted by Crippen LogP contribution is 2.16. The van der Waals surface area contributed by atoms with Gasteiger partial charge in [-0.3, -0.25) is 4.99 Å². The van der Waals surface area contributed by atoms with E-state index in [0.717, 1.165) is 11.6 Å². The first-order valence-corrected chi connectivity index (χ1v) is 7.71. The van der Waals surface area contributed by atoms with Crippen molar-refractivity contribution < 1.29 is 9.13 Å². The molecule has 0 aliphatic heterocycles. The van der Waals surface area contributed by atoms with Gasteiger partial charge in [0.15, 0.2) is 23.4 Å². The van der Waals surface area contributed by atoms with Crippen molar-refractivity contribution in [1.82, 2.24) is 25.4 Å². The van der Waals surface area contributed by atoms with E-state index in [1.165, 1.54) is 6.07 Å². The minimum atomic E-state index is -0.371. The van der Waals surface area contributed by atoms with E-state index in [1.807, 2.05) is 25.5 Å². The largest absolute Gasteiger partial charge is 0.486 e. The predicted octanol–water partition coefficient (Wildman–Crippen LogP) is 2.01. The van der Waals surface area contributed by atoms with E-state index in [-0.39, 0.29) is 41.6 Å². The number of guanidine groups is 1. The number of aryl methyl sites for hydroxylation is 1. The monoisotopic (exact) mass is 462 g/mol. The second-order valence-corrected chi connectivity index (χ2v) is 5.39. The fraction of sp³-hybridized carbons (Fsp3) is 0.438. The van der Waals surface area contributed by atoms with Gasteiger partial charge < -0.3 is 19.9 Å². The Hall–Kier alpha value is -1.91. The third-order valence-electron chi connectivity index (χ3n) is 3.54. The first-order chi connectivity index (χ1) is 11.5. The third-order valence-corrected chi connectivity index (χ3v) is 3.54. The molecule has 0 radical (unpaired) electrons. The molecule has 0 amide bonds. The van der Waals surface area contributed by atoms with Crippen molar-refractivity contribution in [1.29, 1.82) is 0 Å². The van der Waals surface area contributed by atoms with Gasteiger partial charge in [0.25, 0.3) is 0 Å². The molecule has 138 valence electrons. The molecule has 1 aromatic heterocycles. The first-order valence-electron chi connectivity index (χ1n) is 7.71. The number of hydrogen-bond acceptors (Lipinski definition) is 4. The molecule has 1 unspecified atom stereocenters. The molecule has 0 bridgehead atoms. The summed E-state index contributed by atoms with van der Waals surface area (Å²) in [6, 6.07) is 6.35. The Morgan fingerprint density at radius 1 is 1.32 bits per heavy atom. The van der Waals surface area contributed by atoms with Crippen LogP contribution in [0.3, 0.4) is 0 Å². The van der Waals surface area contributed by atoms with Gasteiger partial charge >= 0.3 is 0 Å². The van der Waals surface area contributed by atoms with E-state index < -0.39 is 0 Å². The average Bonchev–Trinajstić information content (AvgIpc) is 2.89. The first kappa shape index (κ1) is 21.1. The van der Waals surface area contributed by atoms with Crippen LogP contribution in [0.5, 0.6) is 5.75 Å². The number of benzene rings is 1. The van der Waals surface area contributed by atoms with E-state index in [0.29, 0.717) is 19.0 Å². The topological polar surface area (TPSA) is 76.4 Å². The maximum atomic E-state index is 13.6. The molecule has 2 N–H and O–H groups in total. The van der Waals surface area contributed by atoms with Gasteiger partial charge in [0.1, 0.15) is 11.9 Å². The van der Waals surface area contributed by atoms with Crippen molar-refractivity contribution in [2.75, 3.05) is 13.6 Å². The summed E-state index contributed by atoms with van der Waals surface area (Å²) in [6.07, 6.45) is -0.225. The number of aromatic nitrogens is 3. The second kappa shape index (κ2) is 10.2. The number of ether oxygens (including phenoxy) is 1. The Kier molecular flexibility index (Phi) is 8.59. The zero-order valence-electron chi connectivity index (χ0n) is 14.8. The van der Waals surface area contributed by atoms with Gasteiger partial charge in [-0.15, -0.1) is 34.2 Å². The number of nitrogens with one attached hydrogen (secondary N) is 2. The van der Waals surface area contributed by atoms with Crippen molar-refractivity contribution in [3.8, 4) is 5.75 Å². The summed E-state index contributed by atoms with van der Waals surface area (Å²) in [5.41, 5.74) is 0. The highest BCUT2D eigenvalue weighted by atomic mass is 127. The minimum Gasteiger partial charge on any atom is -0.486 e. The molecular formula is C16H24FIN6O. The van der Waals surface area contributed by atoms with Crippen molar-refractivity contribution >= 4 is 29.9 Å². The van der Waals surface area contributed by atoms with Gasteiger partial charge in [-0.25, -0.2) is 4.39 Å². The summed E-state index contributed by atoms with van der Waals surface area (Å²) >= 11 is 0. The molecule has 0 saturated carbocycles. The van der Waals surface area contributed by atoms with Crippen LogP contribution in [0.1, 0.15) is 18.6 Å². The van der Waals surface area contributed by atoms with Crippen LogP contribution in [-0.4, -0.2) is 40.4 Å². The number of para-hydroxylation sites is 1. The van der Waals surface area contributed by atoms with E-state index >= 15 is 0 Å². The molecule has 2 aromatic rings. The lowest BCUT2D eigenvalue weighted by Gasteiger charge is -2.18. The Morgan fingerprint density at radius 3 is 2.64 bits per heavy atom. The van der Waals surface area contributed by atoms with E-state index in [1.54, 1.807) is 25.2 Å². The van der Waals surface area contributed by atoms with Crippen LogP contribution in [0.4, 0.5) is 4.39 Å². The standard InChI is InChI=1S/C16H23FN6O.HI/c1-11(24-14-8-6-5-7-13(14)17)9-19-16(18-3)20-10-15-22-21-12(2)23(15)4;/h5-8,11H,9-10H2,1-4H3,(H2,18,19,20);1H. The SMILES string of the molecule is CN=C(NCc1nnc(C)n1C)NCC(C)Oc1ccccc1F.I. The van der Waals surface area contributed by atoms with Gasteiger partial charge in [0.2, 0.25) is 0 Å². The van der Waals surface area contributed by atoms with Crippen LogP contribution in [0.15, 0.2) is 29.3 Å². The van der Waals surface area contributed by atoms with Crippen LogP contribution in [0, 0.1) is 12.7 Å². The van der Waals surface area contributed by atoms with Crippen LogP contribution in [0.2, 0.25) is 0 Å². The number of halogens is 2. The fourth-order valence-electron chi connectivity index (χ4n) is 2.03. The molecule has 2 rings (SSSR count). The van der Waals surface area contributed by atoms with Crippen LogP contribution in [0.25, 0.3) is 0 Å². The van der Waals surface area contributed by atoms with Crippen LogP contribution in [-0.2, 0) is 13.6 Å². The lowest BCUT2D eigenvalue weighted by molar-refractivity contribution is 0.214. The number of rotatable bonds is 6.